The van der Waals surface area contributed by atoms with Gasteiger partial charge in [0.2, 0.25) is 0 Å². The summed E-state index contributed by atoms with van der Waals surface area (Å²) >= 11 is 0. The van der Waals surface area contributed by atoms with Gasteiger partial charge in [0, 0.05) is 0 Å². The molecule has 0 bridgehead atoms. The van der Waals surface area contributed by atoms with E-state index in [-0.39, 0.29) is 0 Å². The molecule has 0 spiro atoms. The summed E-state index contributed by atoms with van der Waals surface area (Å²) in [6.07, 6.45) is 7.16. The topological polar surface area (TPSA) is 0 Å². The quantitative estimate of drug-likeness (QED) is 0.476. The van der Waals surface area contributed by atoms with Gasteiger partial charge < -0.3 is 0 Å². The maximum Gasteiger partial charge on any atom is -0.0192 e. The molecule has 1 fully saturated rings. The lowest BCUT2D eigenvalue weighted by Crippen LogP contribution is -2.16. The van der Waals surface area contributed by atoms with Gasteiger partial charge in [0.25, 0.3) is 0 Å². The Labute approximate surface area is 76.4 Å². The highest BCUT2D eigenvalue weighted by atomic mass is 14.3. The Morgan fingerprint density at radius 3 is 1.83 bits per heavy atom. The summed E-state index contributed by atoms with van der Waals surface area (Å²) in [5.41, 5.74) is 3.29. The van der Waals surface area contributed by atoms with E-state index in [2.05, 4.69) is 39.8 Å². The molecule has 1 rings (SSSR count). The highest BCUT2D eigenvalue weighted by Crippen LogP contribution is 2.36. The van der Waals surface area contributed by atoms with Crippen LogP contribution in [0.25, 0.3) is 0 Å². The number of hydrogen-bond acceptors (Lipinski definition) is 0. The molecule has 0 aromatic heterocycles. The van der Waals surface area contributed by atoms with Gasteiger partial charge in [0.05, 0.1) is 0 Å². The van der Waals surface area contributed by atoms with Crippen LogP contribution in [0.3, 0.4) is 0 Å². The fraction of sp³-hybridized carbons (Fsp3) is 0.667. The van der Waals surface area contributed by atoms with E-state index in [1.807, 2.05) is 0 Å². The van der Waals surface area contributed by atoms with Gasteiger partial charge in [0.15, 0.2) is 0 Å². The normalized spacial score (nSPS) is 30.3. The third-order valence-corrected chi connectivity index (χ3v) is 3.02. The fourth-order valence-electron chi connectivity index (χ4n) is 2.40. The Balaban J connectivity index is 2.77. The summed E-state index contributed by atoms with van der Waals surface area (Å²) in [7, 11) is 0. The Morgan fingerprint density at radius 2 is 1.50 bits per heavy atom. The van der Waals surface area contributed by atoms with Crippen LogP contribution in [-0.4, -0.2) is 0 Å². The zero-order valence-electron chi connectivity index (χ0n) is 8.72. The Bertz CT molecular complexity index is 192. The average Bonchev–Trinajstić information content (AvgIpc) is 2.03. The molecule has 0 heteroatoms. The smallest absolute Gasteiger partial charge is 0.0192 e. The van der Waals surface area contributed by atoms with Gasteiger partial charge in [-0.25, -0.2) is 0 Å². The molecule has 0 heterocycles. The lowest BCUT2D eigenvalue weighted by molar-refractivity contribution is 0.479. The summed E-state index contributed by atoms with van der Waals surface area (Å²) in [5, 5.41) is 0. The lowest BCUT2D eigenvalue weighted by atomic mass is 9.76. The molecule has 1 aliphatic rings. The van der Waals surface area contributed by atoms with E-state index < -0.39 is 0 Å². The standard InChI is InChI=1S/C12H20/c1-5-11-7-9(3)12(6-2)10(4)8-11/h5-6,9-10H,7-8H2,1-4H3/t9-,10-/m1/s1. The molecule has 0 nitrogen and oxygen atoms in total. The molecule has 12 heavy (non-hydrogen) atoms. The third-order valence-electron chi connectivity index (χ3n) is 3.02. The van der Waals surface area contributed by atoms with Crippen molar-refractivity contribution < 1.29 is 0 Å². The van der Waals surface area contributed by atoms with Crippen LogP contribution in [0.4, 0.5) is 0 Å². The van der Waals surface area contributed by atoms with Crippen molar-refractivity contribution in [3.8, 4) is 0 Å². The predicted octanol–water partition coefficient (Wildman–Crippen LogP) is 3.95. The largest absolute Gasteiger partial charge is 0.0884 e. The van der Waals surface area contributed by atoms with Crippen LogP contribution in [0, 0.1) is 11.8 Å². The van der Waals surface area contributed by atoms with Crippen LogP contribution >= 0.6 is 0 Å². The van der Waals surface area contributed by atoms with Crippen molar-refractivity contribution >= 4 is 0 Å². The molecule has 1 aliphatic carbocycles. The molecule has 2 atom stereocenters. The molecule has 0 radical (unpaired) electrons. The number of allylic oxidation sites excluding steroid dienone is 4. The molecular weight excluding hydrogens is 144 g/mol. The summed E-state index contributed by atoms with van der Waals surface area (Å²) in [6, 6.07) is 0. The summed E-state index contributed by atoms with van der Waals surface area (Å²) in [5.74, 6) is 1.54. The predicted molar refractivity (Wildman–Crippen MR) is 55.1 cm³/mol. The van der Waals surface area contributed by atoms with E-state index in [1.54, 1.807) is 11.1 Å². The molecule has 0 aromatic rings. The zero-order valence-corrected chi connectivity index (χ0v) is 8.72. The first-order valence-corrected chi connectivity index (χ1v) is 4.99. The van der Waals surface area contributed by atoms with Crippen LogP contribution in [0.5, 0.6) is 0 Å². The van der Waals surface area contributed by atoms with E-state index in [9.17, 15) is 0 Å². The fourth-order valence-corrected chi connectivity index (χ4v) is 2.40. The van der Waals surface area contributed by atoms with Gasteiger partial charge >= 0.3 is 0 Å². The minimum Gasteiger partial charge on any atom is -0.0884 e. The minimum absolute atomic E-state index is 0.768. The molecule has 1 saturated carbocycles. The van der Waals surface area contributed by atoms with Crippen molar-refractivity contribution in [1.29, 1.82) is 0 Å². The maximum atomic E-state index is 2.34. The van der Waals surface area contributed by atoms with Crippen molar-refractivity contribution in [2.24, 2.45) is 11.8 Å². The van der Waals surface area contributed by atoms with E-state index in [0.717, 1.165) is 11.8 Å². The maximum absolute atomic E-state index is 2.34. The molecule has 0 amide bonds. The van der Waals surface area contributed by atoms with Gasteiger partial charge in [-0.3, -0.25) is 0 Å². The van der Waals surface area contributed by atoms with Crippen LogP contribution in [0.1, 0.15) is 40.5 Å². The first-order chi connectivity index (χ1) is 5.69. The van der Waals surface area contributed by atoms with Crippen molar-refractivity contribution in [3.05, 3.63) is 23.3 Å². The number of hydrogen-bond donors (Lipinski definition) is 0. The first kappa shape index (κ1) is 9.57. The van der Waals surface area contributed by atoms with Crippen LogP contribution in [-0.2, 0) is 0 Å². The first-order valence-electron chi connectivity index (χ1n) is 4.99. The van der Waals surface area contributed by atoms with Crippen molar-refractivity contribution in [2.75, 3.05) is 0 Å². The second-order valence-corrected chi connectivity index (χ2v) is 3.95. The van der Waals surface area contributed by atoms with E-state index in [0.29, 0.717) is 0 Å². The highest BCUT2D eigenvalue weighted by molar-refractivity contribution is 5.20. The highest BCUT2D eigenvalue weighted by Gasteiger charge is 2.22. The summed E-state index contributed by atoms with van der Waals surface area (Å²) < 4.78 is 0. The summed E-state index contributed by atoms with van der Waals surface area (Å²) in [4.78, 5) is 0. The van der Waals surface area contributed by atoms with Gasteiger partial charge in [-0.2, -0.15) is 0 Å². The molecule has 0 aromatic carbocycles. The second-order valence-electron chi connectivity index (χ2n) is 3.95. The van der Waals surface area contributed by atoms with Crippen molar-refractivity contribution in [3.63, 3.8) is 0 Å². The van der Waals surface area contributed by atoms with Crippen molar-refractivity contribution in [1.82, 2.24) is 0 Å². The number of rotatable bonds is 0. The van der Waals surface area contributed by atoms with E-state index in [1.165, 1.54) is 12.8 Å². The lowest BCUT2D eigenvalue weighted by Gasteiger charge is -2.30. The zero-order chi connectivity index (χ0) is 9.14. The van der Waals surface area contributed by atoms with Gasteiger partial charge in [0.1, 0.15) is 0 Å². The Morgan fingerprint density at radius 1 is 1.00 bits per heavy atom. The Kier molecular flexibility index (Phi) is 3.13. The molecule has 0 unspecified atom stereocenters. The molecule has 0 N–H and O–H groups in total. The van der Waals surface area contributed by atoms with Gasteiger partial charge in [-0.15, -0.1) is 0 Å². The third kappa shape index (κ3) is 1.80. The van der Waals surface area contributed by atoms with Crippen molar-refractivity contribution in [2.45, 2.75) is 40.5 Å². The van der Waals surface area contributed by atoms with Gasteiger partial charge in [-0.05, 0) is 38.5 Å². The van der Waals surface area contributed by atoms with Crippen LogP contribution in [0.15, 0.2) is 23.3 Å². The summed E-state index contributed by atoms with van der Waals surface area (Å²) in [6.45, 7) is 9.02. The Hall–Kier alpha value is -0.520. The van der Waals surface area contributed by atoms with E-state index >= 15 is 0 Å². The molecule has 0 saturated heterocycles. The van der Waals surface area contributed by atoms with E-state index in [4.69, 9.17) is 0 Å². The second kappa shape index (κ2) is 3.93. The monoisotopic (exact) mass is 164 g/mol. The average molecular weight is 164 g/mol. The van der Waals surface area contributed by atoms with Crippen LogP contribution in [0.2, 0.25) is 0 Å². The van der Waals surface area contributed by atoms with Gasteiger partial charge in [-0.1, -0.05) is 37.1 Å². The SMILES string of the molecule is CC=C1C[C@@H](C)C(=CC)[C@H](C)C1. The molecule has 0 aliphatic heterocycles. The van der Waals surface area contributed by atoms with Crippen LogP contribution < -0.4 is 0 Å². The molecule has 68 valence electrons. The molecular formula is C12H20. The minimum atomic E-state index is 0.768.